The molecule has 29 heavy (non-hydrogen) atoms. The van der Waals surface area contributed by atoms with Gasteiger partial charge in [-0.3, -0.25) is 4.79 Å². The van der Waals surface area contributed by atoms with E-state index >= 15 is 0 Å². The van der Waals surface area contributed by atoms with Crippen molar-refractivity contribution < 1.29 is 23.9 Å². The summed E-state index contributed by atoms with van der Waals surface area (Å²) in [6, 6.07) is 14.5. The molecular weight excluding hydrogens is 370 g/mol. The minimum Gasteiger partial charge on any atom is -0.467 e. The summed E-state index contributed by atoms with van der Waals surface area (Å²) in [5.41, 5.74) is 3.95. The summed E-state index contributed by atoms with van der Waals surface area (Å²) in [6.45, 7) is 1.81. The van der Waals surface area contributed by atoms with Crippen molar-refractivity contribution in [1.29, 1.82) is 0 Å². The molecule has 0 aromatic heterocycles. The summed E-state index contributed by atoms with van der Waals surface area (Å²) >= 11 is 0. The standard InChI is InChI=1S/C23H23NO5/c1-16-7-9-17(10-8-16)11-12-22(26)29-15-21(25)24-14-19-6-4-3-5-18(19)13-20(24)23(27)28-2/h3-12,20H,13-15H2,1-2H3/b12-11+/t20-/m0/s1. The Kier molecular flexibility index (Phi) is 6.44. The van der Waals surface area contributed by atoms with Gasteiger partial charge < -0.3 is 14.4 Å². The molecule has 1 aliphatic rings. The number of fused-ring (bicyclic) bond motifs is 1. The Morgan fingerprint density at radius 2 is 1.76 bits per heavy atom. The maximum Gasteiger partial charge on any atom is 0.331 e. The molecular formula is C23H23NO5. The number of hydrogen-bond donors (Lipinski definition) is 0. The number of aryl methyl sites for hydroxylation is 1. The highest BCUT2D eigenvalue weighted by Crippen LogP contribution is 2.24. The third-order valence-corrected chi connectivity index (χ3v) is 4.87. The van der Waals surface area contributed by atoms with Crippen LogP contribution in [0, 0.1) is 6.92 Å². The monoisotopic (exact) mass is 393 g/mol. The van der Waals surface area contributed by atoms with E-state index in [1.165, 1.54) is 18.1 Å². The van der Waals surface area contributed by atoms with Gasteiger partial charge in [0.1, 0.15) is 6.04 Å². The molecule has 0 saturated carbocycles. The van der Waals surface area contributed by atoms with Gasteiger partial charge in [0.25, 0.3) is 5.91 Å². The van der Waals surface area contributed by atoms with Crippen molar-refractivity contribution in [3.63, 3.8) is 0 Å². The molecule has 0 radical (unpaired) electrons. The topological polar surface area (TPSA) is 72.9 Å². The zero-order valence-electron chi connectivity index (χ0n) is 16.5. The third kappa shape index (κ3) is 5.10. The molecule has 0 fully saturated rings. The van der Waals surface area contributed by atoms with Crippen LogP contribution in [0.4, 0.5) is 0 Å². The lowest BCUT2D eigenvalue weighted by Gasteiger charge is -2.35. The van der Waals surface area contributed by atoms with Gasteiger partial charge in [-0.2, -0.15) is 0 Å². The van der Waals surface area contributed by atoms with Crippen molar-refractivity contribution in [1.82, 2.24) is 4.90 Å². The number of ether oxygens (including phenoxy) is 2. The predicted octanol–water partition coefficient (Wildman–Crippen LogP) is 2.68. The number of carbonyl (C=O) groups excluding carboxylic acids is 3. The van der Waals surface area contributed by atoms with Gasteiger partial charge >= 0.3 is 11.9 Å². The van der Waals surface area contributed by atoms with Crippen LogP contribution in [0.3, 0.4) is 0 Å². The van der Waals surface area contributed by atoms with Crippen LogP contribution >= 0.6 is 0 Å². The molecule has 0 aliphatic carbocycles. The second kappa shape index (κ2) is 9.19. The lowest BCUT2D eigenvalue weighted by molar-refractivity contribution is -0.158. The molecule has 6 heteroatoms. The smallest absolute Gasteiger partial charge is 0.331 e. The molecule has 1 aliphatic heterocycles. The second-order valence-electron chi connectivity index (χ2n) is 6.89. The van der Waals surface area contributed by atoms with Crippen LogP contribution in [0.15, 0.2) is 54.6 Å². The van der Waals surface area contributed by atoms with Crippen molar-refractivity contribution in [2.75, 3.05) is 13.7 Å². The first kappa shape index (κ1) is 20.3. The zero-order valence-corrected chi connectivity index (χ0v) is 16.5. The van der Waals surface area contributed by atoms with E-state index in [1.54, 1.807) is 6.08 Å². The third-order valence-electron chi connectivity index (χ3n) is 4.87. The summed E-state index contributed by atoms with van der Waals surface area (Å²) in [4.78, 5) is 38.2. The second-order valence-corrected chi connectivity index (χ2v) is 6.89. The largest absolute Gasteiger partial charge is 0.467 e. The number of amides is 1. The molecule has 1 heterocycles. The first-order valence-corrected chi connectivity index (χ1v) is 9.33. The van der Waals surface area contributed by atoms with Crippen molar-refractivity contribution in [2.24, 2.45) is 0 Å². The first-order valence-electron chi connectivity index (χ1n) is 9.33. The molecule has 150 valence electrons. The Hall–Kier alpha value is -3.41. The molecule has 1 amide bonds. The van der Waals surface area contributed by atoms with Crippen molar-refractivity contribution in [3.05, 3.63) is 76.9 Å². The number of methoxy groups -OCH3 is 1. The normalized spacial score (nSPS) is 15.7. The Morgan fingerprint density at radius 3 is 2.45 bits per heavy atom. The quantitative estimate of drug-likeness (QED) is 0.577. The van der Waals surface area contributed by atoms with Gasteiger partial charge in [0.05, 0.1) is 7.11 Å². The minimum atomic E-state index is -0.732. The van der Waals surface area contributed by atoms with Crippen LogP contribution in [0.25, 0.3) is 6.08 Å². The number of hydrogen-bond acceptors (Lipinski definition) is 5. The van der Waals surface area contributed by atoms with Gasteiger partial charge in [-0.15, -0.1) is 0 Å². The molecule has 2 aromatic carbocycles. The minimum absolute atomic E-state index is 0.269. The molecule has 0 unspecified atom stereocenters. The Morgan fingerprint density at radius 1 is 1.07 bits per heavy atom. The van der Waals surface area contributed by atoms with E-state index in [0.717, 1.165) is 22.3 Å². The lowest BCUT2D eigenvalue weighted by Crippen LogP contribution is -2.50. The van der Waals surface area contributed by atoms with Gasteiger partial charge in [-0.1, -0.05) is 54.1 Å². The fourth-order valence-electron chi connectivity index (χ4n) is 3.24. The summed E-state index contributed by atoms with van der Waals surface area (Å²) in [7, 11) is 1.29. The van der Waals surface area contributed by atoms with E-state index in [1.807, 2.05) is 55.5 Å². The lowest BCUT2D eigenvalue weighted by atomic mass is 9.94. The van der Waals surface area contributed by atoms with Crippen LogP contribution in [-0.2, 0) is 36.8 Å². The Balaban J connectivity index is 1.63. The fourth-order valence-corrected chi connectivity index (χ4v) is 3.24. The van der Waals surface area contributed by atoms with Gasteiger partial charge in [0.2, 0.25) is 0 Å². The number of nitrogens with zero attached hydrogens (tertiary/aromatic N) is 1. The fraction of sp³-hybridized carbons (Fsp3) is 0.261. The average molecular weight is 393 g/mol. The number of esters is 2. The number of carbonyl (C=O) groups is 3. The first-order chi connectivity index (χ1) is 14.0. The molecule has 0 N–H and O–H groups in total. The number of benzene rings is 2. The highest BCUT2D eigenvalue weighted by molar-refractivity contribution is 5.90. The average Bonchev–Trinajstić information content (AvgIpc) is 2.75. The van der Waals surface area contributed by atoms with Crippen LogP contribution in [-0.4, -0.2) is 42.5 Å². The van der Waals surface area contributed by atoms with E-state index < -0.39 is 30.5 Å². The maximum atomic E-state index is 12.7. The van der Waals surface area contributed by atoms with Crippen LogP contribution in [0.5, 0.6) is 0 Å². The van der Waals surface area contributed by atoms with Crippen LogP contribution in [0.2, 0.25) is 0 Å². The molecule has 6 nitrogen and oxygen atoms in total. The SMILES string of the molecule is COC(=O)[C@@H]1Cc2ccccc2CN1C(=O)COC(=O)/C=C/c1ccc(C)cc1. The van der Waals surface area contributed by atoms with Crippen molar-refractivity contribution in [2.45, 2.75) is 25.9 Å². The van der Waals surface area contributed by atoms with Crippen molar-refractivity contribution >= 4 is 23.9 Å². The van der Waals surface area contributed by atoms with E-state index in [-0.39, 0.29) is 6.54 Å². The van der Waals surface area contributed by atoms with E-state index in [2.05, 4.69) is 0 Å². The van der Waals surface area contributed by atoms with Gasteiger partial charge in [-0.25, -0.2) is 9.59 Å². The van der Waals surface area contributed by atoms with Gasteiger partial charge in [-0.05, 0) is 29.7 Å². The molecule has 1 atom stereocenters. The van der Waals surface area contributed by atoms with Gasteiger partial charge in [0, 0.05) is 19.0 Å². The van der Waals surface area contributed by atoms with E-state index in [9.17, 15) is 14.4 Å². The highest BCUT2D eigenvalue weighted by Gasteiger charge is 2.35. The Labute approximate surface area is 169 Å². The highest BCUT2D eigenvalue weighted by atomic mass is 16.5. The predicted molar refractivity (Wildman–Crippen MR) is 108 cm³/mol. The van der Waals surface area contributed by atoms with E-state index in [0.29, 0.717) is 6.42 Å². The van der Waals surface area contributed by atoms with Crippen LogP contribution < -0.4 is 0 Å². The van der Waals surface area contributed by atoms with Crippen LogP contribution in [0.1, 0.15) is 22.3 Å². The number of rotatable bonds is 5. The zero-order chi connectivity index (χ0) is 20.8. The summed E-state index contributed by atoms with van der Waals surface area (Å²) in [5, 5.41) is 0. The van der Waals surface area contributed by atoms with E-state index in [4.69, 9.17) is 9.47 Å². The maximum absolute atomic E-state index is 12.7. The molecule has 0 bridgehead atoms. The van der Waals surface area contributed by atoms with Crippen molar-refractivity contribution in [3.8, 4) is 0 Å². The molecule has 0 saturated heterocycles. The summed E-state index contributed by atoms with van der Waals surface area (Å²) in [5.74, 6) is -1.55. The summed E-state index contributed by atoms with van der Waals surface area (Å²) in [6.07, 6.45) is 3.28. The molecule has 2 aromatic rings. The molecule has 3 rings (SSSR count). The molecule has 0 spiro atoms. The van der Waals surface area contributed by atoms with Gasteiger partial charge in [0.15, 0.2) is 6.61 Å². The Bertz CT molecular complexity index is 933. The summed E-state index contributed by atoms with van der Waals surface area (Å²) < 4.78 is 9.94.